The number of unbranched alkanes of at least 4 members (excludes halogenated alkanes) is 1. The van der Waals surface area contributed by atoms with Crippen molar-refractivity contribution in [2.24, 2.45) is 0 Å². The van der Waals surface area contributed by atoms with E-state index < -0.39 is 0 Å². The average Bonchev–Trinajstić information content (AvgIpc) is 3.16. The molecule has 0 aliphatic carbocycles. The van der Waals surface area contributed by atoms with Gasteiger partial charge in [0.1, 0.15) is 0 Å². The third-order valence-corrected chi connectivity index (χ3v) is 5.73. The highest BCUT2D eigenvalue weighted by molar-refractivity contribution is 7.99. The zero-order valence-electron chi connectivity index (χ0n) is 16.5. The van der Waals surface area contributed by atoms with Crippen LogP contribution in [-0.4, -0.2) is 46.7 Å². The van der Waals surface area contributed by atoms with Crippen LogP contribution in [-0.2, 0) is 9.53 Å². The van der Waals surface area contributed by atoms with Crippen molar-refractivity contribution >= 4 is 40.9 Å². The van der Waals surface area contributed by atoms with Crippen molar-refractivity contribution in [2.75, 3.05) is 26.0 Å². The van der Waals surface area contributed by atoms with E-state index in [-0.39, 0.29) is 11.7 Å². The molecule has 9 heteroatoms. The van der Waals surface area contributed by atoms with Crippen LogP contribution in [0, 0.1) is 0 Å². The van der Waals surface area contributed by atoms with Crippen LogP contribution in [0.15, 0.2) is 53.7 Å². The van der Waals surface area contributed by atoms with Crippen molar-refractivity contribution in [1.82, 2.24) is 20.1 Å². The highest BCUT2D eigenvalue weighted by atomic mass is 35.5. The lowest BCUT2D eigenvalue weighted by atomic mass is 10.2. The molecule has 3 aromatic rings. The molecule has 2 aromatic carbocycles. The number of nitrogens with one attached hydrogen (secondary N) is 1. The van der Waals surface area contributed by atoms with Crippen molar-refractivity contribution in [3.8, 4) is 17.1 Å². The van der Waals surface area contributed by atoms with Gasteiger partial charge in [-0.2, -0.15) is 0 Å². The van der Waals surface area contributed by atoms with Crippen LogP contribution in [0.1, 0.15) is 12.8 Å². The molecule has 6 nitrogen and oxygen atoms in total. The molecule has 1 heterocycles. The molecule has 0 aliphatic heterocycles. The predicted molar refractivity (Wildman–Crippen MR) is 122 cm³/mol. The lowest BCUT2D eigenvalue weighted by Gasteiger charge is -2.11. The molecule has 0 saturated heterocycles. The van der Waals surface area contributed by atoms with Gasteiger partial charge >= 0.3 is 0 Å². The van der Waals surface area contributed by atoms with Gasteiger partial charge < -0.3 is 10.1 Å². The Morgan fingerprint density at radius 1 is 1.13 bits per heavy atom. The number of nitrogens with zero attached hydrogens (tertiary/aromatic N) is 3. The Labute approximate surface area is 189 Å². The topological polar surface area (TPSA) is 69.0 Å². The first-order chi connectivity index (χ1) is 14.6. The molecule has 0 fully saturated rings. The van der Waals surface area contributed by atoms with Gasteiger partial charge in [0.15, 0.2) is 11.0 Å². The van der Waals surface area contributed by atoms with Crippen molar-refractivity contribution in [3.63, 3.8) is 0 Å². The second kappa shape index (κ2) is 11.4. The third kappa shape index (κ3) is 5.98. The number of para-hydroxylation sites is 1. The summed E-state index contributed by atoms with van der Waals surface area (Å²) in [5.74, 6) is 0.778. The Bertz CT molecular complexity index is 982. The highest BCUT2D eigenvalue weighted by Crippen LogP contribution is 2.33. The first kappa shape index (κ1) is 22.6. The molecule has 1 N–H and O–H groups in total. The summed E-state index contributed by atoms with van der Waals surface area (Å²) in [5.41, 5.74) is 1.60. The standard InChI is InChI=1S/C21H22Cl2N4O2S/c1-29-12-6-5-11-24-19(28)14-30-21-26-25-20(17-10-9-15(22)13-18(17)23)27(21)16-7-3-2-4-8-16/h2-4,7-10,13H,5-6,11-12,14H2,1H3,(H,24,28). The van der Waals surface area contributed by atoms with Crippen molar-refractivity contribution in [1.29, 1.82) is 0 Å². The number of methoxy groups -OCH3 is 1. The van der Waals surface area contributed by atoms with Gasteiger partial charge in [0, 0.05) is 36.5 Å². The summed E-state index contributed by atoms with van der Waals surface area (Å²) < 4.78 is 6.91. The van der Waals surface area contributed by atoms with E-state index in [1.807, 2.05) is 41.0 Å². The molecule has 0 spiro atoms. The molecule has 158 valence electrons. The summed E-state index contributed by atoms with van der Waals surface area (Å²) in [6.45, 7) is 1.32. The average molecular weight is 465 g/mol. The smallest absolute Gasteiger partial charge is 0.230 e. The Morgan fingerprint density at radius 2 is 1.93 bits per heavy atom. The number of rotatable bonds is 10. The molecule has 1 amide bonds. The minimum Gasteiger partial charge on any atom is -0.385 e. The molecule has 1 aromatic heterocycles. The zero-order valence-corrected chi connectivity index (χ0v) is 18.8. The number of hydrogen-bond acceptors (Lipinski definition) is 5. The second-order valence-electron chi connectivity index (χ2n) is 6.44. The number of hydrogen-bond donors (Lipinski definition) is 1. The molecule has 0 unspecified atom stereocenters. The van der Waals surface area contributed by atoms with Gasteiger partial charge in [-0.25, -0.2) is 0 Å². The first-order valence-corrected chi connectivity index (χ1v) is 11.2. The number of carbonyl (C=O) groups excluding carboxylic acids is 1. The van der Waals surface area contributed by atoms with E-state index in [0.717, 1.165) is 18.5 Å². The molecule has 3 rings (SSSR count). The van der Waals surface area contributed by atoms with Crippen LogP contribution in [0.4, 0.5) is 0 Å². The molecule has 0 atom stereocenters. The maximum atomic E-state index is 12.2. The van der Waals surface area contributed by atoms with E-state index in [1.165, 1.54) is 11.8 Å². The van der Waals surface area contributed by atoms with Crippen LogP contribution in [0.3, 0.4) is 0 Å². The Morgan fingerprint density at radius 3 is 2.67 bits per heavy atom. The Hall–Kier alpha value is -2.06. The molecular weight excluding hydrogens is 443 g/mol. The number of benzene rings is 2. The fourth-order valence-corrected chi connectivity index (χ4v) is 4.07. The number of thioether (sulfide) groups is 1. The highest BCUT2D eigenvalue weighted by Gasteiger charge is 2.19. The zero-order chi connectivity index (χ0) is 21.3. The molecular formula is C21H22Cl2N4O2S. The lowest BCUT2D eigenvalue weighted by molar-refractivity contribution is -0.118. The lowest BCUT2D eigenvalue weighted by Crippen LogP contribution is -2.26. The summed E-state index contributed by atoms with van der Waals surface area (Å²) >= 11 is 13.8. The minimum absolute atomic E-state index is 0.0499. The predicted octanol–water partition coefficient (Wildman–Crippen LogP) is 4.88. The van der Waals surface area contributed by atoms with Crippen LogP contribution < -0.4 is 5.32 Å². The maximum Gasteiger partial charge on any atom is 0.230 e. The van der Waals surface area contributed by atoms with Gasteiger partial charge in [-0.1, -0.05) is 53.2 Å². The van der Waals surface area contributed by atoms with Crippen LogP contribution in [0.2, 0.25) is 10.0 Å². The summed E-state index contributed by atoms with van der Waals surface area (Å²) in [5, 5.41) is 13.2. The SMILES string of the molecule is COCCCCNC(=O)CSc1nnc(-c2ccc(Cl)cc2Cl)n1-c1ccccc1. The maximum absolute atomic E-state index is 12.2. The van der Waals surface area contributed by atoms with Gasteiger partial charge in [0.05, 0.1) is 10.8 Å². The molecule has 30 heavy (non-hydrogen) atoms. The van der Waals surface area contributed by atoms with E-state index in [0.29, 0.717) is 39.7 Å². The number of aromatic nitrogens is 3. The van der Waals surface area contributed by atoms with Crippen molar-refractivity contribution < 1.29 is 9.53 Å². The van der Waals surface area contributed by atoms with Crippen molar-refractivity contribution in [2.45, 2.75) is 18.0 Å². The Kier molecular flexibility index (Phi) is 8.57. The molecule has 0 saturated carbocycles. The summed E-state index contributed by atoms with van der Waals surface area (Å²) in [4.78, 5) is 12.2. The quantitative estimate of drug-likeness (QED) is 0.342. The number of carbonyl (C=O) groups is 1. The number of amides is 1. The normalized spacial score (nSPS) is 10.9. The van der Waals surface area contributed by atoms with Gasteiger partial charge in [0.2, 0.25) is 5.91 Å². The fraction of sp³-hybridized carbons (Fsp3) is 0.286. The van der Waals surface area contributed by atoms with Crippen LogP contribution in [0.5, 0.6) is 0 Å². The van der Waals surface area contributed by atoms with E-state index in [9.17, 15) is 4.79 Å². The third-order valence-electron chi connectivity index (χ3n) is 4.25. The minimum atomic E-state index is -0.0499. The fourth-order valence-electron chi connectivity index (χ4n) is 2.80. The summed E-state index contributed by atoms with van der Waals surface area (Å²) in [6.07, 6.45) is 1.79. The number of ether oxygens (including phenoxy) is 1. The monoisotopic (exact) mass is 464 g/mol. The first-order valence-electron chi connectivity index (χ1n) is 9.45. The van der Waals surface area contributed by atoms with Crippen molar-refractivity contribution in [3.05, 3.63) is 58.6 Å². The van der Waals surface area contributed by atoms with Gasteiger partial charge in [-0.15, -0.1) is 10.2 Å². The van der Waals surface area contributed by atoms with Gasteiger partial charge in [0.25, 0.3) is 0 Å². The van der Waals surface area contributed by atoms with E-state index in [4.69, 9.17) is 27.9 Å². The number of halogens is 2. The van der Waals surface area contributed by atoms with E-state index in [2.05, 4.69) is 15.5 Å². The van der Waals surface area contributed by atoms with Gasteiger partial charge in [-0.05, 0) is 43.2 Å². The largest absolute Gasteiger partial charge is 0.385 e. The molecule has 0 aliphatic rings. The van der Waals surface area contributed by atoms with Crippen LogP contribution in [0.25, 0.3) is 17.1 Å². The van der Waals surface area contributed by atoms with E-state index in [1.54, 1.807) is 19.2 Å². The molecule has 0 bridgehead atoms. The Balaban J connectivity index is 1.78. The van der Waals surface area contributed by atoms with Crippen LogP contribution >= 0.6 is 35.0 Å². The summed E-state index contributed by atoms with van der Waals surface area (Å²) in [6, 6.07) is 15.0. The molecule has 0 radical (unpaired) electrons. The second-order valence-corrected chi connectivity index (χ2v) is 8.23. The van der Waals surface area contributed by atoms with E-state index >= 15 is 0 Å². The summed E-state index contributed by atoms with van der Waals surface area (Å²) in [7, 11) is 1.67. The van der Waals surface area contributed by atoms with Gasteiger partial charge in [-0.3, -0.25) is 9.36 Å².